The van der Waals surface area contributed by atoms with E-state index in [9.17, 15) is 9.59 Å². The van der Waals surface area contributed by atoms with Gasteiger partial charge in [0.25, 0.3) is 0 Å². The van der Waals surface area contributed by atoms with E-state index in [2.05, 4.69) is 69.2 Å². The molecule has 1 atom stereocenters. The SMILES string of the molecule is CC(C)=CCC/C(C)=C/CC/C(C)=C/CC/C(C)=C/CSCC(Nc1cc(C)c[nH]1)C(=O)CC(N)=O. The average Bonchev–Trinajstić information content (AvgIpc) is 3.19. The highest BCUT2D eigenvalue weighted by Crippen LogP contribution is 2.16. The summed E-state index contributed by atoms with van der Waals surface area (Å²) in [5.41, 5.74) is 12.0. The first-order valence-electron chi connectivity index (χ1n) is 13.0. The van der Waals surface area contributed by atoms with Gasteiger partial charge in [0.2, 0.25) is 5.91 Å². The Bertz CT molecular complexity index is 949. The fraction of sp³-hybridized carbons (Fsp3) is 0.533. The number of hydrogen-bond donors (Lipinski definition) is 3. The predicted octanol–water partition coefficient (Wildman–Crippen LogP) is 7.43. The van der Waals surface area contributed by atoms with Crippen molar-refractivity contribution in [2.45, 2.75) is 92.5 Å². The van der Waals surface area contributed by atoms with Crippen molar-refractivity contribution in [3.05, 3.63) is 64.4 Å². The number of anilines is 1. The lowest BCUT2D eigenvalue weighted by atomic mass is 10.0. The third-order valence-electron chi connectivity index (χ3n) is 5.88. The number of primary amides is 1. The number of amides is 1. The highest BCUT2D eigenvalue weighted by molar-refractivity contribution is 7.99. The summed E-state index contributed by atoms with van der Waals surface area (Å²) in [5.74, 6) is 1.41. The molecule has 4 N–H and O–H groups in total. The van der Waals surface area contributed by atoms with Crippen molar-refractivity contribution in [3.8, 4) is 0 Å². The van der Waals surface area contributed by atoms with E-state index in [1.165, 1.54) is 22.3 Å². The van der Waals surface area contributed by atoms with Crippen molar-refractivity contribution in [3.63, 3.8) is 0 Å². The Morgan fingerprint density at radius 1 is 0.944 bits per heavy atom. The van der Waals surface area contributed by atoms with Gasteiger partial charge in [-0.05, 0) is 91.7 Å². The number of aromatic nitrogens is 1. The number of carbonyl (C=O) groups excluding carboxylic acids is 2. The van der Waals surface area contributed by atoms with Crippen molar-refractivity contribution in [2.75, 3.05) is 16.8 Å². The average molecular weight is 514 g/mol. The summed E-state index contributed by atoms with van der Waals surface area (Å²) in [6, 6.07) is 1.49. The monoisotopic (exact) mass is 513 g/mol. The maximum atomic E-state index is 12.5. The van der Waals surface area contributed by atoms with Crippen LogP contribution in [0.2, 0.25) is 0 Å². The van der Waals surface area contributed by atoms with Crippen LogP contribution in [0.1, 0.15) is 85.1 Å². The number of ketones is 1. The first kappa shape index (κ1) is 31.6. The second-order valence-corrected chi connectivity index (χ2v) is 11.1. The summed E-state index contributed by atoms with van der Waals surface area (Å²) in [4.78, 5) is 26.8. The van der Waals surface area contributed by atoms with Gasteiger partial charge in [0.1, 0.15) is 5.82 Å². The minimum atomic E-state index is -0.593. The van der Waals surface area contributed by atoms with Gasteiger partial charge < -0.3 is 16.0 Å². The summed E-state index contributed by atoms with van der Waals surface area (Å²) >= 11 is 1.68. The van der Waals surface area contributed by atoms with Crippen LogP contribution in [0, 0.1) is 6.92 Å². The second-order valence-electron chi connectivity index (χ2n) is 9.98. The number of carbonyl (C=O) groups is 2. The molecule has 0 saturated carbocycles. The quantitative estimate of drug-likeness (QED) is 0.108. The summed E-state index contributed by atoms with van der Waals surface area (Å²) in [5, 5.41) is 3.21. The van der Waals surface area contributed by atoms with Crippen molar-refractivity contribution in [2.24, 2.45) is 5.73 Å². The van der Waals surface area contributed by atoms with E-state index in [0.717, 1.165) is 55.7 Å². The smallest absolute Gasteiger partial charge is 0.224 e. The van der Waals surface area contributed by atoms with Crippen LogP contribution in [0.25, 0.3) is 0 Å². The summed E-state index contributed by atoms with van der Waals surface area (Å²) in [6.45, 7) is 12.9. The molecule has 200 valence electrons. The van der Waals surface area contributed by atoms with Gasteiger partial charge in [0, 0.05) is 17.7 Å². The zero-order valence-electron chi connectivity index (χ0n) is 23.2. The number of allylic oxidation sites excluding steroid dienone is 7. The standard InChI is InChI=1S/C30H47N3O2S/c1-22(2)10-7-11-23(3)12-8-13-24(4)14-9-15-25(5)16-17-36-21-27(28(34)19-29(31)35)33-30-18-26(6)20-32-30/h10,12,14,16,18,20,27,32-33H,7-9,11,13,15,17,19,21H2,1-6H3,(H2,31,35)/b23-12+,24-14+,25-16+. The molecule has 1 heterocycles. The van der Waals surface area contributed by atoms with Gasteiger partial charge in [-0.3, -0.25) is 9.59 Å². The summed E-state index contributed by atoms with van der Waals surface area (Å²) in [7, 11) is 0. The molecule has 1 unspecified atom stereocenters. The molecule has 0 bridgehead atoms. The Hall–Kier alpha value is -2.47. The molecule has 1 aromatic rings. The number of nitrogens with two attached hydrogens (primary N) is 1. The van der Waals surface area contributed by atoms with Crippen LogP contribution < -0.4 is 11.1 Å². The van der Waals surface area contributed by atoms with Crippen molar-refractivity contribution >= 4 is 29.3 Å². The number of aromatic amines is 1. The maximum absolute atomic E-state index is 12.5. The van der Waals surface area contributed by atoms with Gasteiger partial charge in [0.05, 0.1) is 12.5 Å². The molecular formula is C30H47N3O2S. The Balaban J connectivity index is 2.39. The van der Waals surface area contributed by atoms with Gasteiger partial charge in [-0.2, -0.15) is 11.8 Å². The third-order valence-corrected chi connectivity index (χ3v) is 6.85. The van der Waals surface area contributed by atoms with Crippen LogP contribution in [0.3, 0.4) is 0 Å². The highest BCUT2D eigenvalue weighted by atomic mass is 32.2. The molecule has 1 aromatic heterocycles. The Kier molecular flexibility index (Phi) is 15.7. The van der Waals surface area contributed by atoms with E-state index in [-0.39, 0.29) is 12.2 Å². The molecule has 0 aliphatic heterocycles. The number of hydrogen-bond acceptors (Lipinski definition) is 4. The lowest BCUT2D eigenvalue weighted by Crippen LogP contribution is -2.35. The van der Waals surface area contributed by atoms with E-state index in [4.69, 9.17) is 5.73 Å². The maximum Gasteiger partial charge on any atom is 0.224 e. The first-order chi connectivity index (χ1) is 17.1. The lowest BCUT2D eigenvalue weighted by molar-refractivity contribution is -0.126. The molecule has 5 nitrogen and oxygen atoms in total. The van der Waals surface area contributed by atoms with E-state index in [1.807, 2.05) is 19.2 Å². The van der Waals surface area contributed by atoms with Crippen molar-refractivity contribution < 1.29 is 9.59 Å². The molecule has 0 aliphatic carbocycles. The van der Waals surface area contributed by atoms with Gasteiger partial charge in [-0.15, -0.1) is 0 Å². The van der Waals surface area contributed by atoms with Crippen molar-refractivity contribution in [1.29, 1.82) is 0 Å². The molecule has 0 aromatic carbocycles. The third kappa shape index (κ3) is 15.5. The highest BCUT2D eigenvalue weighted by Gasteiger charge is 2.20. The summed E-state index contributed by atoms with van der Waals surface area (Å²) in [6.07, 6.45) is 17.5. The van der Waals surface area contributed by atoms with E-state index in [1.54, 1.807) is 11.8 Å². The number of rotatable bonds is 18. The molecule has 0 fully saturated rings. The molecular weight excluding hydrogens is 466 g/mol. The van der Waals surface area contributed by atoms with Crippen LogP contribution in [0.15, 0.2) is 58.9 Å². The Morgan fingerprint density at radius 3 is 2.00 bits per heavy atom. The molecule has 0 saturated heterocycles. The Morgan fingerprint density at radius 2 is 1.50 bits per heavy atom. The molecule has 0 spiro atoms. The largest absolute Gasteiger partial charge is 0.369 e. The summed E-state index contributed by atoms with van der Waals surface area (Å²) < 4.78 is 0. The molecule has 6 heteroatoms. The van der Waals surface area contributed by atoms with E-state index >= 15 is 0 Å². The van der Waals surface area contributed by atoms with Crippen LogP contribution >= 0.6 is 11.8 Å². The van der Waals surface area contributed by atoms with Gasteiger partial charge >= 0.3 is 0 Å². The number of Topliss-reactive ketones (excluding diaryl/α,β-unsaturated/α-hetero) is 1. The topological polar surface area (TPSA) is 88.0 Å². The zero-order valence-corrected chi connectivity index (χ0v) is 24.0. The minimum Gasteiger partial charge on any atom is -0.369 e. The molecule has 0 radical (unpaired) electrons. The van der Waals surface area contributed by atoms with Crippen molar-refractivity contribution in [1.82, 2.24) is 4.98 Å². The number of H-pyrrole nitrogens is 1. The second kappa shape index (κ2) is 17.9. The molecule has 1 rings (SSSR count). The van der Waals surface area contributed by atoms with E-state index in [0.29, 0.717) is 5.75 Å². The normalized spacial score (nSPS) is 13.4. The fourth-order valence-corrected chi connectivity index (χ4v) is 4.70. The van der Waals surface area contributed by atoms with E-state index < -0.39 is 11.9 Å². The minimum absolute atomic E-state index is 0.179. The number of nitrogens with one attached hydrogen (secondary N) is 2. The molecule has 1 amide bonds. The van der Waals surface area contributed by atoms with Crippen LogP contribution in [-0.4, -0.2) is 34.2 Å². The first-order valence-corrected chi connectivity index (χ1v) is 14.1. The van der Waals surface area contributed by atoms with Crippen LogP contribution in [-0.2, 0) is 9.59 Å². The number of aryl methyl sites for hydroxylation is 1. The van der Waals surface area contributed by atoms with Gasteiger partial charge in [-0.25, -0.2) is 0 Å². The number of thioether (sulfide) groups is 1. The van der Waals surface area contributed by atoms with Gasteiger partial charge in [-0.1, -0.05) is 46.6 Å². The zero-order chi connectivity index (χ0) is 26.9. The molecule has 0 aliphatic rings. The molecule has 36 heavy (non-hydrogen) atoms. The predicted molar refractivity (Wildman–Crippen MR) is 157 cm³/mol. The van der Waals surface area contributed by atoms with Crippen LogP contribution in [0.4, 0.5) is 5.82 Å². The lowest BCUT2D eigenvalue weighted by Gasteiger charge is -2.16. The fourth-order valence-electron chi connectivity index (χ4n) is 3.66. The van der Waals surface area contributed by atoms with Gasteiger partial charge in [0.15, 0.2) is 5.78 Å². The Labute approximate surface area is 223 Å². The van der Waals surface area contributed by atoms with Crippen LogP contribution in [0.5, 0.6) is 0 Å².